The first-order valence-electron chi connectivity index (χ1n) is 6.99. The van der Waals surface area contributed by atoms with Gasteiger partial charge in [-0.2, -0.15) is 0 Å². The lowest BCUT2D eigenvalue weighted by molar-refractivity contribution is -0.385. The van der Waals surface area contributed by atoms with E-state index in [0.717, 1.165) is 17.7 Å². The Balaban J connectivity index is 2.20. The number of carbonyl (C=O) groups is 2. The number of aromatic carboxylic acids is 1. The van der Waals surface area contributed by atoms with Crippen LogP contribution in [-0.2, 0) is 11.3 Å². The summed E-state index contributed by atoms with van der Waals surface area (Å²) in [7, 11) is 1.24. The zero-order valence-electron chi connectivity index (χ0n) is 13.1. The Bertz CT molecular complexity index is 806. The normalized spacial score (nSPS) is 9.96. The van der Waals surface area contributed by atoms with Gasteiger partial charge < -0.3 is 14.6 Å². The summed E-state index contributed by atoms with van der Waals surface area (Å²) >= 11 is 0. The first-order chi connectivity index (χ1) is 11.9. The van der Waals surface area contributed by atoms with E-state index in [1.807, 2.05) is 6.07 Å². The first-order valence-corrected chi connectivity index (χ1v) is 6.99. The number of nitrogens with one attached hydrogen (secondary N) is 1. The largest absolute Gasteiger partial charge is 0.494 e. The number of anilines is 1. The van der Waals surface area contributed by atoms with Crippen molar-refractivity contribution in [2.24, 2.45) is 0 Å². The highest BCUT2D eigenvalue weighted by Gasteiger charge is 2.24. The van der Waals surface area contributed by atoms with E-state index in [1.165, 1.54) is 7.11 Å². The lowest BCUT2D eigenvalue weighted by Crippen LogP contribution is -2.15. The van der Waals surface area contributed by atoms with Crippen LogP contribution in [0.25, 0.3) is 0 Å². The summed E-state index contributed by atoms with van der Waals surface area (Å²) in [5.74, 6) is -1.57. The van der Waals surface area contributed by atoms with Crippen LogP contribution in [0.1, 0.15) is 15.9 Å². The summed E-state index contributed by atoms with van der Waals surface area (Å²) in [6.45, 7) is 0.00770. The molecule has 0 aliphatic heterocycles. The highest BCUT2D eigenvalue weighted by atomic mass is 16.6. The second kappa shape index (κ2) is 7.77. The Hall–Kier alpha value is -3.62. The summed E-state index contributed by atoms with van der Waals surface area (Å²) < 4.78 is 9.99. The Morgan fingerprint density at radius 1 is 1.24 bits per heavy atom. The molecule has 0 saturated heterocycles. The van der Waals surface area contributed by atoms with Crippen molar-refractivity contribution in [2.75, 3.05) is 12.4 Å². The predicted octanol–water partition coefficient (Wildman–Crippen LogP) is 3.05. The third-order valence-electron chi connectivity index (χ3n) is 3.19. The molecule has 2 aromatic carbocycles. The number of rotatable bonds is 6. The van der Waals surface area contributed by atoms with Crippen LogP contribution in [0, 0.1) is 10.1 Å². The number of benzene rings is 2. The van der Waals surface area contributed by atoms with Gasteiger partial charge in [-0.15, -0.1) is 0 Å². The zero-order chi connectivity index (χ0) is 18.4. The fourth-order valence-electron chi connectivity index (χ4n) is 2.03. The van der Waals surface area contributed by atoms with Crippen molar-refractivity contribution in [3.8, 4) is 5.75 Å². The summed E-state index contributed by atoms with van der Waals surface area (Å²) in [4.78, 5) is 33.2. The van der Waals surface area contributed by atoms with Crippen LogP contribution in [0.4, 0.5) is 16.2 Å². The molecule has 0 bridgehead atoms. The molecule has 25 heavy (non-hydrogen) atoms. The number of carboxylic acids is 1. The topological polar surface area (TPSA) is 128 Å². The van der Waals surface area contributed by atoms with Gasteiger partial charge in [-0.05, 0) is 11.6 Å². The third-order valence-corrected chi connectivity index (χ3v) is 3.19. The minimum atomic E-state index is -1.50. The van der Waals surface area contributed by atoms with E-state index >= 15 is 0 Å². The molecule has 9 nitrogen and oxygen atoms in total. The van der Waals surface area contributed by atoms with Crippen molar-refractivity contribution in [1.29, 1.82) is 0 Å². The standard InChI is InChI=1S/C16H14N2O7/c1-24-14-8-13(18(22)23)11(15(19)20)7-12(14)17-16(21)25-9-10-5-3-2-4-6-10/h2-8H,9H2,1H3,(H,17,21)(H,19,20). The van der Waals surface area contributed by atoms with Gasteiger partial charge in [-0.25, -0.2) is 9.59 Å². The van der Waals surface area contributed by atoms with Gasteiger partial charge in [0.1, 0.15) is 17.9 Å². The van der Waals surface area contributed by atoms with Crippen molar-refractivity contribution in [1.82, 2.24) is 0 Å². The number of ether oxygens (including phenoxy) is 2. The molecular formula is C16H14N2O7. The van der Waals surface area contributed by atoms with Gasteiger partial charge in [-0.3, -0.25) is 15.4 Å². The van der Waals surface area contributed by atoms with E-state index in [-0.39, 0.29) is 18.0 Å². The molecule has 0 aromatic heterocycles. The van der Waals surface area contributed by atoms with Gasteiger partial charge in [0.2, 0.25) is 0 Å². The molecule has 2 rings (SSSR count). The second-order valence-corrected chi connectivity index (χ2v) is 4.82. The Morgan fingerprint density at radius 2 is 1.92 bits per heavy atom. The maximum absolute atomic E-state index is 11.9. The minimum Gasteiger partial charge on any atom is -0.494 e. The molecule has 0 radical (unpaired) electrons. The van der Waals surface area contributed by atoms with Crippen molar-refractivity contribution >= 4 is 23.4 Å². The van der Waals surface area contributed by atoms with Crippen LogP contribution in [0.15, 0.2) is 42.5 Å². The van der Waals surface area contributed by atoms with Gasteiger partial charge >= 0.3 is 12.1 Å². The number of nitrogens with zero attached hydrogens (tertiary/aromatic N) is 1. The molecule has 0 unspecified atom stereocenters. The van der Waals surface area contributed by atoms with Crippen LogP contribution in [-0.4, -0.2) is 29.2 Å². The SMILES string of the molecule is COc1cc([N+](=O)[O-])c(C(=O)O)cc1NC(=O)OCc1ccccc1. The number of carbonyl (C=O) groups excluding carboxylic acids is 1. The van der Waals surface area contributed by atoms with Crippen LogP contribution >= 0.6 is 0 Å². The smallest absolute Gasteiger partial charge is 0.412 e. The van der Waals surface area contributed by atoms with E-state index in [0.29, 0.717) is 0 Å². The predicted molar refractivity (Wildman–Crippen MR) is 86.9 cm³/mol. The number of carboxylic acid groups (broad SMARTS) is 1. The van der Waals surface area contributed by atoms with Crippen molar-refractivity contribution < 1.29 is 29.1 Å². The van der Waals surface area contributed by atoms with Crippen LogP contribution in [0.5, 0.6) is 5.75 Å². The molecule has 0 aliphatic rings. The highest BCUT2D eigenvalue weighted by Crippen LogP contribution is 2.33. The zero-order valence-corrected chi connectivity index (χ0v) is 13.1. The van der Waals surface area contributed by atoms with E-state index in [2.05, 4.69) is 5.32 Å². The van der Waals surface area contributed by atoms with Gasteiger partial charge in [0.25, 0.3) is 5.69 Å². The third kappa shape index (κ3) is 4.44. The maximum Gasteiger partial charge on any atom is 0.412 e. The summed E-state index contributed by atoms with van der Waals surface area (Å²) in [6, 6.07) is 10.8. The first kappa shape index (κ1) is 17.7. The Kier molecular flexibility index (Phi) is 5.51. The van der Waals surface area contributed by atoms with E-state index in [1.54, 1.807) is 24.3 Å². The number of nitro benzene ring substituents is 1. The minimum absolute atomic E-state index is 0.00770. The summed E-state index contributed by atoms with van der Waals surface area (Å²) in [5.41, 5.74) is -0.514. The average Bonchev–Trinajstić information content (AvgIpc) is 2.60. The lowest BCUT2D eigenvalue weighted by Gasteiger charge is -2.12. The lowest BCUT2D eigenvalue weighted by atomic mass is 10.1. The number of nitro groups is 1. The Labute approximate surface area is 141 Å². The quantitative estimate of drug-likeness (QED) is 0.607. The molecule has 0 fully saturated rings. The number of hydrogen-bond donors (Lipinski definition) is 2. The van der Waals surface area contributed by atoms with Crippen molar-refractivity contribution in [3.63, 3.8) is 0 Å². The molecule has 0 atom stereocenters. The molecular weight excluding hydrogens is 332 g/mol. The molecule has 0 aliphatic carbocycles. The molecule has 9 heteroatoms. The Morgan fingerprint density at radius 3 is 2.48 bits per heavy atom. The molecule has 0 heterocycles. The van der Waals surface area contributed by atoms with Gasteiger partial charge in [0.05, 0.1) is 23.8 Å². The monoisotopic (exact) mass is 346 g/mol. The number of amides is 1. The van der Waals surface area contributed by atoms with Gasteiger partial charge in [-0.1, -0.05) is 30.3 Å². The van der Waals surface area contributed by atoms with Gasteiger partial charge in [0.15, 0.2) is 0 Å². The molecule has 2 N–H and O–H groups in total. The summed E-state index contributed by atoms with van der Waals surface area (Å²) in [6.07, 6.45) is -0.854. The van der Waals surface area contributed by atoms with E-state index in [9.17, 15) is 19.7 Å². The van der Waals surface area contributed by atoms with Crippen molar-refractivity contribution in [3.05, 3.63) is 63.7 Å². The molecule has 0 spiro atoms. The van der Waals surface area contributed by atoms with E-state index in [4.69, 9.17) is 14.6 Å². The number of hydrogen-bond acceptors (Lipinski definition) is 6. The van der Waals surface area contributed by atoms with Crippen LogP contribution in [0.3, 0.4) is 0 Å². The maximum atomic E-state index is 11.9. The fraction of sp³-hybridized carbons (Fsp3) is 0.125. The van der Waals surface area contributed by atoms with Gasteiger partial charge in [0, 0.05) is 0 Å². The van der Waals surface area contributed by atoms with Crippen LogP contribution in [0.2, 0.25) is 0 Å². The number of methoxy groups -OCH3 is 1. The second-order valence-electron chi connectivity index (χ2n) is 4.82. The molecule has 130 valence electrons. The molecule has 1 amide bonds. The van der Waals surface area contributed by atoms with Crippen molar-refractivity contribution in [2.45, 2.75) is 6.61 Å². The summed E-state index contributed by atoms with van der Waals surface area (Å²) in [5, 5.41) is 22.4. The average molecular weight is 346 g/mol. The van der Waals surface area contributed by atoms with Crippen LogP contribution < -0.4 is 10.1 Å². The highest BCUT2D eigenvalue weighted by molar-refractivity contribution is 5.96. The molecule has 2 aromatic rings. The fourth-order valence-corrected chi connectivity index (χ4v) is 2.03. The molecule has 0 saturated carbocycles. The van der Waals surface area contributed by atoms with E-state index < -0.39 is 28.2 Å².